The number of rotatable bonds is 7. The van der Waals surface area contributed by atoms with Gasteiger partial charge in [-0.3, -0.25) is 4.90 Å². The highest BCUT2D eigenvalue weighted by Gasteiger charge is 2.25. The molecule has 25 heavy (non-hydrogen) atoms. The van der Waals surface area contributed by atoms with Crippen LogP contribution in [0.15, 0.2) is 59.8 Å². The fourth-order valence-electron chi connectivity index (χ4n) is 2.98. The average molecular weight is 359 g/mol. The molecule has 3 rings (SSSR count). The summed E-state index contributed by atoms with van der Waals surface area (Å²) in [4.78, 5) is 7.80. The third kappa shape index (κ3) is 4.82. The lowest BCUT2D eigenvalue weighted by Crippen LogP contribution is -2.35. The van der Waals surface area contributed by atoms with Crippen molar-refractivity contribution >= 4 is 17.3 Å². The lowest BCUT2D eigenvalue weighted by Gasteiger charge is -2.25. The number of oxime groups is 1. The van der Waals surface area contributed by atoms with Gasteiger partial charge in [-0.05, 0) is 29.8 Å². The van der Waals surface area contributed by atoms with E-state index in [0.717, 1.165) is 36.3 Å². The SMILES string of the molecule is CCN(C[C@@H]1CC(c2ccc(Cl)cc2)=NO1)C[C@H](O)c1ccccc1. The molecule has 0 saturated carbocycles. The zero-order chi connectivity index (χ0) is 17.6. The maximum Gasteiger partial charge on any atom is 0.145 e. The van der Waals surface area contributed by atoms with Crippen molar-refractivity contribution in [3.63, 3.8) is 0 Å². The first-order valence-electron chi connectivity index (χ1n) is 8.59. The molecule has 1 heterocycles. The Labute approximate surface area is 153 Å². The summed E-state index contributed by atoms with van der Waals surface area (Å²) in [6.45, 7) is 4.26. The van der Waals surface area contributed by atoms with Gasteiger partial charge in [0.05, 0.1) is 11.8 Å². The molecule has 0 spiro atoms. The Morgan fingerprint density at radius 3 is 2.60 bits per heavy atom. The van der Waals surface area contributed by atoms with Crippen molar-refractivity contribution in [3.8, 4) is 0 Å². The fraction of sp³-hybridized carbons (Fsp3) is 0.350. The summed E-state index contributed by atoms with van der Waals surface area (Å²) in [5, 5.41) is 15.4. The van der Waals surface area contributed by atoms with Crippen molar-refractivity contribution in [2.45, 2.75) is 25.6 Å². The quantitative estimate of drug-likeness (QED) is 0.816. The first kappa shape index (κ1) is 17.9. The Kier molecular flexibility index (Phi) is 6.08. The van der Waals surface area contributed by atoms with E-state index in [0.29, 0.717) is 11.6 Å². The number of nitrogens with zero attached hydrogens (tertiary/aromatic N) is 2. The standard InChI is InChI=1S/C20H23ClN2O2/c1-2-23(14-20(24)16-6-4-3-5-7-16)13-18-12-19(22-25-18)15-8-10-17(21)11-9-15/h3-11,18,20,24H,2,12-14H2,1H3/t18-,20-/m0/s1. The van der Waals surface area contributed by atoms with Gasteiger partial charge in [-0.25, -0.2) is 0 Å². The van der Waals surface area contributed by atoms with E-state index in [1.165, 1.54) is 0 Å². The van der Waals surface area contributed by atoms with Gasteiger partial charge in [0, 0.05) is 24.5 Å². The van der Waals surface area contributed by atoms with E-state index in [-0.39, 0.29) is 6.10 Å². The summed E-state index contributed by atoms with van der Waals surface area (Å²) in [6, 6.07) is 17.4. The highest BCUT2D eigenvalue weighted by Crippen LogP contribution is 2.20. The zero-order valence-corrected chi connectivity index (χ0v) is 15.1. The van der Waals surface area contributed by atoms with Crippen molar-refractivity contribution in [1.29, 1.82) is 0 Å². The molecule has 2 aromatic carbocycles. The summed E-state index contributed by atoms with van der Waals surface area (Å²) >= 11 is 5.93. The smallest absolute Gasteiger partial charge is 0.145 e. The van der Waals surface area contributed by atoms with Crippen LogP contribution >= 0.6 is 11.6 Å². The highest BCUT2D eigenvalue weighted by atomic mass is 35.5. The molecule has 1 N–H and O–H groups in total. The van der Waals surface area contributed by atoms with Crippen LogP contribution in [0.5, 0.6) is 0 Å². The maximum atomic E-state index is 10.4. The second kappa shape index (κ2) is 8.48. The monoisotopic (exact) mass is 358 g/mol. The Morgan fingerprint density at radius 2 is 1.92 bits per heavy atom. The number of aliphatic hydroxyl groups is 1. The molecule has 2 aromatic rings. The Morgan fingerprint density at radius 1 is 1.20 bits per heavy atom. The molecule has 1 aliphatic rings. The van der Waals surface area contributed by atoms with Crippen molar-refractivity contribution in [3.05, 3.63) is 70.7 Å². The lowest BCUT2D eigenvalue weighted by atomic mass is 10.0. The molecule has 0 fully saturated rings. The van der Waals surface area contributed by atoms with Gasteiger partial charge in [-0.1, -0.05) is 66.1 Å². The molecule has 0 bridgehead atoms. The van der Waals surface area contributed by atoms with E-state index >= 15 is 0 Å². The summed E-state index contributed by atoms with van der Waals surface area (Å²) in [5.41, 5.74) is 2.92. The Bertz CT molecular complexity index is 703. The fourth-order valence-corrected chi connectivity index (χ4v) is 3.11. The molecule has 132 valence electrons. The van der Waals surface area contributed by atoms with Gasteiger partial charge >= 0.3 is 0 Å². The van der Waals surface area contributed by atoms with Crippen LogP contribution in [0.3, 0.4) is 0 Å². The molecule has 0 radical (unpaired) electrons. The van der Waals surface area contributed by atoms with Crippen LogP contribution in [0, 0.1) is 0 Å². The van der Waals surface area contributed by atoms with E-state index in [2.05, 4.69) is 17.0 Å². The minimum Gasteiger partial charge on any atom is -0.390 e. The topological polar surface area (TPSA) is 45.1 Å². The molecular weight excluding hydrogens is 336 g/mol. The third-order valence-electron chi connectivity index (χ3n) is 4.43. The first-order valence-corrected chi connectivity index (χ1v) is 8.97. The van der Waals surface area contributed by atoms with Gasteiger partial charge < -0.3 is 9.94 Å². The summed E-state index contributed by atoms with van der Waals surface area (Å²) < 4.78 is 0. The molecule has 5 heteroatoms. The van der Waals surface area contributed by atoms with E-state index in [4.69, 9.17) is 16.4 Å². The number of likely N-dealkylation sites (N-methyl/N-ethyl adjacent to an activating group) is 1. The Hall–Kier alpha value is -1.88. The lowest BCUT2D eigenvalue weighted by molar-refractivity contribution is 0.0366. The van der Waals surface area contributed by atoms with Crippen molar-refractivity contribution in [2.75, 3.05) is 19.6 Å². The van der Waals surface area contributed by atoms with Crippen LogP contribution in [0.4, 0.5) is 0 Å². The van der Waals surface area contributed by atoms with Crippen LogP contribution < -0.4 is 0 Å². The van der Waals surface area contributed by atoms with Gasteiger partial charge in [0.2, 0.25) is 0 Å². The van der Waals surface area contributed by atoms with Gasteiger partial charge in [0.1, 0.15) is 6.10 Å². The van der Waals surface area contributed by atoms with Gasteiger partial charge in [0.25, 0.3) is 0 Å². The van der Waals surface area contributed by atoms with E-state index < -0.39 is 6.10 Å². The molecular formula is C20H23ClN2O2. The molecule has 1 aliphatic heterocycles. The number of halogens is 1. The second-order valence-corrected chi connectivity index (χ2v) is 6.69. The second-order valence-electron chi connectivity index (χ2n) is 6.26. The van der Waals surface area contributed by atoms with Crippen LogP contribution in [-0.4, -0.2) is 41.5 Å². The van der Waals surface area contributed by atoms with Gasteiger partial charge in [0.15, 0.2) is 0 Å². The maximum absolute atomic E-state index is 10.4. The molecule has 0 unspecified atom stereocenters. The largest absolute Gasteiger partial charge is 0.390 e. The molecule has 0 saturated heterocycles. The average Bonchev–Trinajstić information content (AvgIpc) is 3.11. The number of aliphatic hydroxyl groups excluding tert-OH is 1. The van der Waals surface area contributed by atoms with Crippen molar-refractivity contribution in [2.24, 2.45) is 5.16 Å². The molecule has 2 atom stereocenters. The van der Waals surface area contributed by atoms with Crippen LogP contribution in [0.1, 0.15) is 30.6 Å². The normalized spacial score (nSPS) is 18.1. The minimum absolute atomic E-state index is 0.00796. The number of hydrogen-bond acceptors (Lipinski definition) is 4. The molecule has 0 aliphatic carbocycles. The molecule has 4 nitrogen and oxygen atoms in total. The van der Waals surface area contributed by atoms with Crippen LogP contribution in [0.2, 0.25) is 5.02 Å². The van der Waals surface area contributed by atoms with Crippen LogP contribution in [0.25, 0.3) is 0 Å². The third-order valence-corrected chi connectivity index (χ3v) is 4.69. The van der Waals surface area contributed by atoms with Crippen LogP contribution in [-0.2, 0) is 4.84 Å². The first-order chi connectivity index (χ1) is 12.2. The zero-order valence-electron chi connectivity index (χ0n) is 14.3. The highest BCUT2D eigenvalue weighted by molar-refractivity contribution is 6.30. The van der Waals surface area contributed by atoms with E-state index in [1.807, 2.05) is 54.6 Å². The predicted molar refractivity (Wildman–Crippen MR) is 101 cm³/mol. The number of hydrogen-bond donors (Lipinski definition) is 1. The summed E-state index contributed by atoms with van der Waals surface area (Å²) in [5.74, 6) is 0. The molecule has 0 amide bonds. The van der Waals surface area contributed by atoms with E-state index in [9.17, 15) is 5.11 Å². The minimum atomic E-state index is -0.501. The predicted octanol–water partition coefficient (Wildman–Crippen LogP) is 3.89. The van der Waals surface area contributed by atoms with E-state index in [1.54, 1.807) is 0 Å². The van der Waals surface area contributed by atoms with Crippen molar-refractivity contribution < 1.29 is 9.94 Å². The molecule has 0 aromatic heterocycles. The summed E-state index contributed by atoms with van der Waals surface area (Å²) in [7, 11) is 0. The Balaban J connectivity index is 1.54. The number of benzene rings is 2. The van der Waals surface area contributed by atoms with Crippen molar-refractivity contribution in [1.82, 2.24) is 4.90 Å². The van der Waals surface area contributed by atoms with Gasteiger partial charge in [-0.15, -0.1) is 0 Å². The van der Waals surface area contributed by atoms with Gasteiger partial charge in [-0.2, -0.15) is 0 Å². The summed E-state index contributed by atoms with van der Waals surface area (Å²) in [6.07, 6.45) is 0.271.